The predicted octanol–water partition coefficient (Wildman–Crippen LogP) is 8.59. The van der Waals surface area contributed by atoms with E-state index in [-0.39, 0.29) is 29.1 Å². The molecule has 2 aromatic heterocycles. The summed E-state index contributed by atoms with van der Waals surface area (Å²) >= 11 is 0. The molecule has 2 atom stereocenters. The number of aromatic hydroxyl groups is 1. The molecule has 0 bridgehead atoms. The zero-order valence-corrected chi connectivity index (χ0v) is 29.1. The monoisotopic (exact) mass is 658 g/mol. The van der Waals surface area contributed by atoms with Crippen molar-refractivity contribution in [3.63, 3.8) is 0 Å². The number of unbranched alkanes of at least 4 members (excludes halogenated alkanes) is 4. The van der Waals surface area contributed by atoms with Crippen molar-refractivity contribution in [1.29, 1.82) is 0 Å². The molecule has 3 heterocycles. The van der Waals surface area contributed by atoms with Crippen LogP contribution in [0.25, 0.3) is 32.9 Å². The van der Waals surface area contributed by atoms with Gasteiger partial charge in [0, 0.05) is 41.9 Å². The summed E-state index contributed by atoms with van der Waals surface area (Å²) in [6.07, 6.45) is 12.2. The van der Waals surface area contributed by atoms with E-state index in [1.54, 1.807) is 24.4 Å². The third kappa shape index (κ3) is 8.08. The largest absolute Gasteiger partial charge is 0.508 e. The number of hydrogen-bond donors (Lipinski definition) is 4. The first kappa shape index (κ1) is 35.1. The van der Waals surface area contributed by atoms with Crippen molar-refractivity contribution in [3.8, 4) is 23.0 Å². The quantitative estimate of drug-likeness (QED) is 0.0839. The van der Waals surface area contributed by atoms with E-state index in [1.807, 2.05) is 13.8 Å². The molecule has 0 saturated carbocycles. The highest BCUT2D eigenvalue weighted by molar-refractivity contribution is 6.02. The standard InChI is InChI=1S/C38H51FN6O3/c1-6-9-11-12-17-38(5,16-10-7-2)23-48-37-44-34-24(4)33(29-20-27(46)19-25-13-14-31(39)28(8-3)32(25)29)41-22-30(34)35(45-37)40-18-15-26-21-42-36(47)43-26/h13-14,19-20,22,26,46H,6-12,15-18,21,23H2,1-5H3,(H,40,44,45)(H2,42,43,47). The van der Waals surface area contributed by atoms with Crippen LogP contribution in [0.1, 0.15) is 96.6 Å². The number of nitrogens with one attached hydrogen (secondary N) is 3. The second-order valence-electron chi connectivity index (χ2n) is 13.6. The third-order valence-electron chi connectivity index (χ3n) is 9.67. The molecule has 1 fully saturated rings. The smallest absolute Gasteiger partial charge is 0.318 e. The molecular formula is C38H51FN6O3. The number of anilines is 1. The maximum atomic E-state index is 15.0. The summed E-state index contributed by atoms with van der Waals surface area (Å²) in [5.41, 5.74) is 3.30. The normalized spacial score (nSPS) is 15.8. The zero-order valence-electron chi connectivity index (χ0n) is 29.1. The Morgan fingerprint density at radius 2 is 1.88 bits per heavy atom. The number of carbonyl (C=O) groups is 1. The lowest BCUT2D eigenvalue weighted by Gasteiger charge is -2.29. The molecule has 258 valence electrons. The molecule has 2 unspecified atom stereocenters. The SMILES string of the molecule is CCCCCCC(C)(CCCC)COc1nc(NCCC2CNC(=O)N2)c2cnc(-c3cc(O)cc4ccc(F)c(CC)c34)c(C)c2n1. The average Bonchev–Trinajstić information content (AvgIpc) is 3.49. The molecule has 1 aliphatic heterocycles. The highest BCUT2D eigenvalue weighted by Gasteiger charge is 2.26. The number of halogens is 1. The van der Waals surface area contributed by atoms with Gasteiger partial charge in [0.15, 0.2) is 0 Å². The van der Waals surface area contributed by atoms with E-state index < -0.39 is 0 Å². The molecule has 0 aliphatic carbocycles. The molecule has 48 heavy (non-hydrogen) atoms. The van der Waals surface area contributed by atoms with Gasteiger partial charge in [-0.3, -0.25) is 4.98 Å². The number of nitrogens with zero attached hydrogens (tertiary/aromatic N) is 3. The Balaban J connectivity index is 1.54. The molecule has 5 rings (SSSR count). The van der Waals surface area contributed by atoms with E-state index in [0.29, 0.717) is 66.7 Å². The summed E-state index contributed by atoms with van der Waals surface area (Å²) < 4.78 is 21.5. The van der Waals surface area contributed by atoms with Gasteiger partial charge in [-0.15, -0.1) is 0 Å². The lowest BCUT2D eigenvalue weighted by molar-refractivity contribution is 0.126. The van der Waals surface area contributed by atoms with Crippen LogP contribution in [0.2, 0.25) is 0 Å². The number of amides is 2. The van der Waals surface area contributed by atoms with Crippen LogP contribution in [-0.2, 0) is 6.42 Å². The van der Waals surface area contributed by atoms with Crippen molar-refractivity contribution in [2.45, 2.75) is 105 Å². The number of urea groups is 1. The van der Waals surface area contributed by atoms with E-state index in [2.05, 4.69) is 36.7 Å². The number of rotatable bonds is 17. The Morgan fingerprint density at radius 3 is 2.60 bits per heavy atom. The van der Waals surface area contributed by atoms with Crippen LogP contribution in [0.5, 0.6) is 11.8 Å². The average molecular weight is 659 g/mol. The fraction of sp³-hybridized carbons (Fsp3) is 0.526. The van der Waals surface area contributed by atoms with Crippen molar-refractivity contribution in [2.24, 2.45) is 5.41 Å². The highest BCUT2D eigenvalue weighted by Crippen LogP contribution is 2.39. The lowest BCUT2D eigenvalue weighted by atomic mass is 9.81. The van der Waals surface area contributed by atoms with E-state index in [4.69, 9.17) is 19.7 Å². The summed E-state index contributed by atoms with van der Waals surface area (Å²) in [4.78, 5) is 26.3. The van der Waals surface area contributed by atoms with Crippen LogP contribution in [0.3, 0.4) is 0 Å². The summed E-state index contributed by atoms with van der Waals surface area (Å²) in [6.45, 7) is 12.3. The number of fused-ring (bicyclic) bond motifs is 2. The van der Waals surface area contributed by atoms with Gasteiger partial charge in [-0.05, 0) is 67.1 Å². The number of carbonyl (C=O) groups excluding carboxylic acids is 1. The molecule has 4 N–H and O–H groups in total. The summed E-state index contributed by atoms with van der Waals surface area (Å²) in [5.74, 6) is 0.406. The number of aromatic nitrogens is 3. The Labute approximate surface area is 283 Å². The Bertz CT molecular complexity index is 1750. The fourth-order valence-electron chi connectivity index (χ4n) is 6.83. The van der Waals surface area contributed by atoms with Crippen LogP contribution in [0.4, 0.5) is 15.0 Å². The van der Waals surface area contributed by atoms with Crippen molar-refractivity contribution < 1.29 is 19.0 Å². The minimum Gasteiger partial charge on any atom is -0.508 e. The van der Waals surface area contributed by atoms with Crippen molar-refractivity contribution >= 4 is 33.5 Å². The number of phenols is 1. The van der Waals surface area contributed by atoms with Gasteiger partial charge in [0.25, 0.3) is 0 Å². The van der Waals surface area contributed by atoms with Crippen molar-refractivity contribution in [3.05, 3.63) is 47.4 Å². The Hall–Kier alpha value is -4.21. The first-order chi connectivity index (χ1) is 23.2. The molecule has 9 nitrogen and oxygen atoms in total. The minimum absolute atomic E-state index is 0.00287. The topological polar surface area (TPSA) is 121 Å². The number of aryl methyl sites for hydroxylation is 2. The van der Waals surface area contributed by atoms with Gasteiger partial charge in [-0.2, -0.15) is 9.97 Å². The molecule has 0 spiro atoms. The van der Waals surface area contributed by atoms with Crippen LogP contribution in [-0.4, -0.2) is 51.8 Å². The van der Waals surface area contributed by atoms with Crippen molar-refractivity contribution in [1.82, 2.24) is 25.6 Å². The molecule has 2 aromatic carbocycles. The number of pyridine rings is 1. The summed E-state index contributed by atoms with van der Waals surface area (Å²) in [7, 11) is 0. The second kappa shape index (κ2) is 15.8. The number of ether oxygens (including phenoxy) is 1. The number of phenolic OH excluding ortho intramolecular Hbond substituents is 1. The zero-order chi connectivity index (χ0) is 34.3. The van der Waals surface area contributed by atoms with Gasteiger partial charge in [-0.1, -0.05) is 72.3 Å². The van der Waals surface area contributed by atoms with Gasteiger partial charge in [0.1, 0.15) is 17.4 Å². The third-order valence-corrected chi connectivity index (χ3v) is 9.67. The summed E-state index contributed by atoms with van der Waals surface area (Å²) in [6, 6.07) is 6.62. The maximum absolute atomic E-state index is 15.0. The molecular weight excluding hydrogens is 607 g/mol. The predicted molar refractivity (Wildman–Crippen MR) is 191 cm³/mol. The Kier molecular flexibility index (Phi) is 11.5. The van der Waals surface area contributed by atoms with Crippen LogP contribution < -0.4 is 20.7 Å². The first-order valence-electron chi connectivity index (χ1n) is 17.7. The van der Waals surface area contributed by atoms with E-state index in [0.717, 1.165) is 47.4 Å². The van der Waals surface area contributed by atoms with Crippen molar-refractivity contribution in [2.75, 3.05) is 25.0 Å². The van der Waals surface area contributed by atoms with Crippen LogP contribution >= 0.6 is 0 Å². The first-order valence-corrected chi connectivity index (χ1v) is 17.7. The molecule has 0 radical (unpaired) electrons. The molecule has 10 heteroatoms. The molecule has 4 aromatic rings. The summed E-state index contributed by atoms with van der Waals surface area (Å²) in [5, 5.41) is 22.1. The van der Waals surface area contributed by atoms with Gasteiger partial charge in [0.2, 0.25) is 0 Å². The molecule has 1 saturated heterocycles. The van der Waals surface area contributed by atoms with Gasteiger partial charge >= 0.3 is 12.0 Å². The molecule has 1 aliphatic rings. The number of benzene rings is 2. The minimum atomic E-state index is -0.283. The molecule has 2 amide bonds. The fourth-order valence-corrected chi connectivity index (χ4v) is 6.83. The van der Waals surface area contributed by atoms with E-state index >= 15 is 4.39 Å². The lowest BCUT2D eigenvalue weighted by Crippen LogP contribution is -2.28. The highest BCUT2D eigenvalue weighted by atomic mass is 19.1. The van der Waals surface area contributed by atoms with Gasteiger partial charge in [-0.25, -0.2) is 9.18 Å². The Morgan fingerprint density at radius 1 is 1.08 bits per heavy atom. The van der Waals surface area contributed by atoms with Gasteiger partial charge in [0.05, 0.1) is 23.2 Å². The van der Waals surface area contributed by atoms with Crippen LogP contribution in [0, 0.1) is 18.2 Å². The van der Waals surface area contributed by atoms with E-state index in [9.17, 15) is 9.90 Å². The second-order valence-corrected chi connectivity index (χ2v) is 13.6. The van der Waals surface area contributed by atoms with Crippen LogP contribution in [0.15, 0.2) is 30.5 Å². The maximum Gasteiger partial charge on any atom is 0.318 e. The van der Waals surface area contributed by atoms with Gasteiger partial charge < -0.3 is 25.8 Å². The van der Waals surface area contributed by atoms with E-state index in [1.165, 1.54) is 31.7 Å². The number of hydrogen-bond acceptors (Lipinski definition) is 7.